The van der Waals surface area contributed by atoms with E-state index in [1.165, 1.54) is 14.2 Å². The van der Waals surface area contributed by atoms with Crippen molar-refractivity contribution in [1.29, 1.82) is 0 Å². The minimum atomic E-state index is -1.21. The first-order valence-electron chi connectivity index (χ1n) is 6.11. The van der Waals surface area contributed by atoms with Crippen LogP contribution in [0.5, 0.6) is 0 Å². The van der Waals surface area contributed by atoms with Crippen molar-refractivity contribution in [2.45, 2.75) is 38.3 Å². The first kappa shape index (κ1) is 18.2. The Morgan fingerprint density at radius 2 is 1.85 bits per heavy atom. The van der Waals surface area contributed by atoms with Crippen LogP contribution in [0.1, 0.15) is 26.7 Å². The smallest absolute Gasteiger partial charge is 0.326 e. The molecule has 0 bridgehead atoms. The predicted molar refractivity (Wildman–Crippen MR) is 70.3 cm³/mol. The fraction of sp³-hybridized carbons (Fsp3) is 0.750. The number of methoxy groups -OCH3 is 2. The van der Waals surface area contributed by atoms with Crippen LogP contribution in [0.4, 0.5) is 4.79 Å². The van der Waals surface area contributed by atoms with Crippen LogP contribution in [-0.4, -0.2) is 55.5 Å². The molecular weight excluding hydrogens is 268 g/mol. The van der Waals surface area contributed by atoms with Gasteiger partial charge in [-0.05, 0) is 20.3 Å². The quantitative estimate of drug-likeness (QED) is 0.547. The zero-order chi connectivity index (χ0) is 15.8. The number of nitrogens with one attached hydrogen (secondary N) is 2. The minimum Gasteiger partial charge on any atom is -0.480 e. The number of carboxylic acids is 1. The van der Waals surface area contributed by atoms with E-state index in [1.54, 1.807) is 13.8 Å². The lowest BCUT2D eigenvalue weighted by Gasteiger charge is -2.23. The van der Waals surface area contributed by atoms with Gasteiger partial charge >= 0.3 is 18.0 Å². The number of aliphatic carboxylic acids is 1. The van der Waals surface area contributed by atoms with Crippen molar-refractivity contribution in [1.82, 2.24) is 10.6 Å². The minimum absolute atomic E-state index is 0.0386. The molecule has 0 aromatic heterocycles. The van der Waals surface area contributed by atoms with Crippen LogP contribution in [-0.2, 0) is 19.1 Å². The maximum Gasteiger partial charge on any atom is 0.326 e. The summed E-state index contributed by atoms with van der Waals surface area (Å²) in [6, 6.07) is -1.79. The molecule has 0 radical (unpaired) electrons. The summed E-state index contributed by atoms with van der Waals surface area (Å²) in [5.74, 6) is -1.74. The Bertz CT molecular complexity index is 356. The number of rotatable bonds is 8. The van der Waals surface area contributed by atoms with Gasteiger partial charge in [0.05, 0.1) is 12.7 Å². The molecule has 0 spiro atoms. The van der Waals surface area contributed by atoms with Crippen molar-refractivity contribution in [3.63, 3.8) is 0 Å². The topological polar surface area (TPSA) is 114 Å². The molecule has 0 aliphatic rings. The van der Waals surface area contributed by atoms with E-state index in [-0.39, 0.29) is 19.4 Å². The third kappa shape index (κ3) is 7.57. The largest absolute Gasteiger partial charge is 0.480 e. The summed E-state index contributed by atoms with van der Waals surface area (Å²) < 4.78 is 9.53. The number of hydrogen-bond acceptors (Lipinski definition) is 5. The second-order valence-corrected chi connectivity index (χ2v) is 4.80. The molecule has 20 heavy (non-hydrogen) atoms. The van der Waals surface area contributed by atoms with Crippen LogP contribution in [0.2, 0.25) is 0 Å². The zero-order valence-corrected chi connectivity index (χ0v) is 12.2. The second-order valence-electron chi connectivity index (χ2n) is 4.80. The average Bonchev–Trinajstić information content (AvgIpc) is 2.40. The van der Waals surface area contributed by atoms with Crippen LogP contribution < -0.4 is 10.6 Å². The first-order chi connectivity index (χ1) is 9.21. The highest BCUT2D eigenvalue weighted by Gasteiger charge is 2.23. The molecule has 0 saturated carbocycles. The van der Waals surface area contributed by atoms with E-state index in [4.69, 9.17) is 9.84 Å². The summed E-state index contributed by atoms with van der Waals surface area (Å²) in [5, 5.41) is 13.7. The Morgan fingerprint density at radius 3 is 2.30 bits per heavy atom. The van der Waals surface area contributed by atoms with Gasteiger partial charge in [0.1, 0.15) is 6.04 Å². The molecule has 0 aliphatic heterocycles. The average molecular weight is 290 g/mol. The summed E-state index contributed by atoms with van der Waals surface area (Å²) in [5.41, 5.74) is -0.553. The van der Waals surface area contributed by atoms with Crippen LogP contribution in [0, 0.1) is 0 Å². The number of urea groups is 1. The maximum atomic E-state index is 11.6. The molecule has 1 atom stereocenters. The third-order valence-corrected chi connectivity index (χ3v) is 2.70. The van der Waals surface area contributed by atoms with Crippen molar-refractivity contribution in [2.24, 2.45) is 0 Å². The summed E-state index contributed by atoms with van der Waals surface area (Å²) in [6.45, 7) is 3.77. The lowest BCUT2D eigenvalue weighted by atomic mass is 10.1. The Labute approximate surface area is 117 Å². The number of amides is 2. The Balaban J connectivity index is 4.28. The molecule has 116 valence electrons. The van der Waals surface area contributed by atoms with E-state index in [0.29, 0.717) is 0 Å². The molecule has 2 amide bonds. The zero-order valence-electron chi connectivity index (χ0n) is 12.2. The molecule has 0 saturated heterocycles. The van der Waals surface area contributed by atoms with Crippen LogP contribution in [0.15, 0.2) is 0 Å². The van der Waals surface area contributed by atoms with E-state index < -0.39 is 29.6 Å². The van der Waals surface area contributed by atoms with Crippen LogP contribution in [0.3, 0.4) is 0 Å². The van der Waals surface area contributed by atoms with E-state index in [0.717, 1.165) is 0 Å². The monoisotopic (exact) mass is 290 g/mol. The molecule has 0 fully saturated rings. The second kappa shape index (κ2) is 8.36. The highest BCUT2D eigenvalue weighted by Crippen LogP contribution is 2.04. The lowest BCUT2D eigenvalue weighted by molar-refractivity contribution is -0.142. The van der Waals surface area contributed by atoms with Crippen LogP contribution in [0.25, 0.3) is 0 Å². The number of esters is 1. The summed E-state index contributed by atoms with van der Waals surface area (Å²) in [6.07, 6.45) is -0.125. The van der Waals surface area contributed by atoms with Gasteiger partial charge in [-0.15, -0.1) is 0 Å². The van der Waals surface area contributed by atoms with Gasteiger partial charge in [-0.2, -0.15) is 0 Å². The lowest BCUT2D eigenvalue weighted by Crippen LogP contribution is -2.49. The standard InChI is InChI=1S/C12H22N2O6/c1-12(2,20-4)7-13-11(18)14-8(10(16)17)5-6-9(15)19-3/h8H,5-7H2,1-4H3,(H,16,17)(H2,13,14,18)/t8-/m1/s1. The highest BCUT2D eigenvalue weighted by atomic mass is 16.5. The van der Waals surface area contributed by atoms with Gasteiger partial charge in [0.15, 0.2) is 0 Å². The first-order valence-corrected chi connectivity index (χ1v) is 6.11. The van der Waals surface area contributed by atoms with Gasteiger partial charge in [0, 0.05) is 20.1 Å². The number of carbonyl (C=O) groups excluding carboxylic acids is 2. The van der Waals surface area contributed by atoms with Gasteiger partial charge in [0.25, 0.3) is 0 Å². The molecule has 3 N–H and O–H groups in total. The fourth-order valence-electron chi connectivity index (χ4n) is 1.20. The number of carboxylic acid groups (broad SMARTS) is 1. The Kier molecular flexibility index (Phi) is 7.60. The van der Waals surface area contributed by atoms with E-state index in [9.17, 15) is 14.4 Å². The molecule has 0 aromatic carbocycles. The summed E-state index contributed by atoms with van der Waals surface area (Å²) in [7, 11) is 2.72. The molecule has 0 aliphatic carbocycles. The van der Waals surface area contributed by atoms with Gasteiger partial charge in [0.2, 0.25) is 0 Å². The van der Waals surface area contributed by atoms with Crippen molar-refractivity contribution in [3.8, 4) is 0 Å². The SMILES string of the molecule is COC(=O)CC[C@@H](NC(=O)NCC(C)(C)OC)C(=O)O. The third-order valence-electron chi connectivity index (χ3n) is 2.70. The Morgan fingerprint density at radius 1 is 1.25 bits per heavy atom. The van der Waals surface area contributed by atoms with E-state index >= 15 is 0 Å². The molecule has 8 nitrogen and oxygen atoms in total. The van der Waals surface area contributed by atoms with Gasteiger partial charge in [-0.1, -0.05) is 0 Å². The van der Waals surface area contributed by atoms with Crippen molar-refractivity contribution in [3.05, 3.63) is 0 Å². The number of carbonyl (C=O) groups is 3. The molecule has 0 unspecified atom stereocenters. The molecule has 0 rings (SSSR count). The van der Waals surface area contributed by atoms with Gasteiger partial charge in [-0.25, -0.2) is 9.59 Å². The number of hydrogen-bond donors (Lipinski definition) is 3. The van der Waals surface area contributed by atoms with Gasteiger partial charge in [-0.3, -0.25) is 4.79 Å². The number of ether oxygens (including phenoxy) is 2. The summed E-state index contributed by atoms with van der Waals surface area (Å²) >= 11 is 0. The highest BCUT2D eigenvalue weighted by molar-refractivity contribution is 5.83. The molecule has 8 heteroatoms. The van der Waals surface area contributed by atoms with Crippen molar-refractivity contribution >= 4 is 18.0 Å². The molecular formula is C12H22N2O6. The van der Waals surface area contributed by atoms with E-state index in [1.807, 2.05) is 0 Å². The predicted octanol–water partition coefficient (Wildman–Crippen LogP) is 0.117. The van der Waals surface area contributed by atoms with E-state index in [2.05, 4.69) is 15.4 Å². The Hall–Kier alpha value is -1.83. The summed E-state index contributed by atoms with van der Waals surface area (Å²) in [4.78, 5) is 33.5. The van der Waals surface area contributed by atoms with Crippen LogP contribution >= 0.6 is 0 Å². The maximum absolute atomic E-state index is 11.6. The van der Waals surface area contributed by atoms with Gasteiger partial charge < -0.3 is 25.2 Å². The molecule has 0 aromatic rings. The van der Waals surface area contributed by atoms with Crippen molar-refractivity contribution in [2.75, 3.05) is 20.8 Å². The fourth-order valence-corrected chi connectivity index (χ4v) is 1.20. The molecule has 0 heterocycles. The normalized spacial score (nSPS) is 12.4. The van der Waals surface area contributed by atoms with Crippen molar-refractivity contribution < 1.29 is 29.0 Å².